The van der Waals surface area contributed by atoms with Crippen molar-refractivity contribution in [3.05, 3.63) is 101 Å². The van der Waals surface area contributed by atoms with E-state index in [9.17, 15) is 4.79 Å². The Bertz CT molecular complexity index is 1340. The summed E-state index contributed by atoms with van der Waals surface area (Å²) in [5, 5.41) is 5.42. The minimum Gasteiger partial charge on any atom is -0.456 e. The molecule has 1 spiro atoms. The Morgan fingerprint density at radius 1 is 0.867 bits per heavy atom. The average Bonchev–Trinajstić information content (AvgIpc) is 3.07. The van der Waals surface area contributed by atoms with E-state index in [1.54, 1.807) is 0 Å². The maximum absolute atomic E-state index is 13.0. The zero-order valence-corrected chi connectivity index (χ0v) is 16.4. The molecule has 0 radical (unpaired) electrons. The Kier molecular flexibility index (Phi) is 3.48. The van der Waals surface area contributed by atoms with Crippen LogP contribution in [-0.4, -0.2) is 12.5 Å². The first kappa shape index (κ1) is 17.1. The molecule has 4 nitrogen and oxygen atoms in total. The number of hydrogen-bond donors (Lipinski definition) is 1. The van der Waals surface area contributed by atoms with Gasteiger partial charge >= 0.3 is 5.97 Å². The summed E-state index contributed by atoms with van der Waals surface area (Å²) in [4.78, 5) is 13.0. The van der Waals surface area contributed by atoms with Gasteiger partial charge in [-0.25, -0.2) is 4.79 Å². The Morgan fingerprint density at radius 2 is 1.70 bits per heavy atom. The molecule has 0 aliphatic carbocycles. The van der Waals surface area contributed by atoms with Gasteiger partial charge in [-0.05, 0) is 42.0 Å². The molecule has 1 atom stereocenters. The highest BCUT2D eigenvalue weighted by atomic mass is 16.6. The van der Waals surface area contributed by atoms with Crippen molar-refractivity contribution < 1.29 is 14.3 Å². The third kappa shape index (κ3) is 2.13. The van der Waals surface area contributed by atoms with Crippen molar-refractivity contribution in [3.63, 3.8) is 0 Å². The van der Waals surface area contributed by atoms with Crippen LogP contribution in [0.15, 0.2) is 78.9 Å². The Morgan fingerprint density at radius 3 is 2.60 bits per heavy atom. The van der Waals surface area contributed by atoms with Gasteiger partial charge in [-0.3, -0.25) is 0 Å². The molecule has 4 aromatic rings. The smallest absolute Gasteiger partial charge is 0.340 e. The lowest BCUT2D eigenvalue weighted by molar-refractivity contribution is 0.0229. The van der Waals surface area contributed by atoms with Crippen molar-refractivity contribution in [1.82, 2.24) is 0 Å². The third-order valence-corrected chi connectivity index (χ3v) is 5.98. The van der Waals surface area contributed by atoms with Crippen LogP contribution in [0.2, 0.25) is 0 Å². The van der Waals surface area contributed by atoms with E-state index in [2.05, 4.69) is 24.4 Å². The van der Waals surface area contributed by atoms with Crippen LogP contribution in [0.1, 0.15) is 34.0 Å². The van der Waals surface area contributed by atoms with Crippen LogP contribution < -0.4 is 10.1 Å². The SMILES string of the molecule is CCNc1ccc2c(c1)Oc1ccc3ccccc3c1C21OC(=O)c2ccccc21. The molecule has 0 bridgehead atoms. The van der Waals surface area contributed by atoms with Crippen molar-refractivity contribution in [1.29, 1.82) is 0 Å². The molecule has 1 unspecified atom stereocenters. The van der Waals surface area contributed by atoms with Gasteiger partial charge in [-0.15, -0.1) is 0 Å². The fourth-order valence-corrected chi connectivity index (χ4v) is 4.77. The number of carbonyl (C=O) groups excluding carboxylic acids is 1. The van der Waals surface area contributed by atoms with E-state index >= 15 is 0 Å². The summed E-state index contributed by atoms with van der Waals surface area (Å²) in [7, 11) is 0. The molecule has 2 aliphatic heterocycles. The highest BCUT2D eigenvalue weighted by Crippen LogP contribution is 2.58. The second-order valence-corrected chi connectivity index (χ2v) is 7.62. The van der Waals surface area contributed by atoms with Crippen LogP contribution in [0.25, 0.3) is 10.8 Å². The first-order valence-corrected chi connectivity index (χ1v) is 10.1. The Hall–Kier alpha value is -3.79. The average molecular weight is 393 g/mol. The summed E-state index contributed by atoms with van der Waals surface area (Å²) in [6.45, 7) is 2.86. The summed E-state index contributed by atoms with van der Waals surface area (Å²) in [5.74, 6) is 1.09. The zero-order valence-electron chi connectivity index (χ0n) is 16.4. The lowest BCUT2D eigenvalue weighted by atomic mass is 9.76. The fourth-order valence-electron chi connectivity index (χ4n) is 4.77. The molecule has 6 rings (SSSR count). The summed E-state index contributed by atoms with van der Waals surface area (Å²) in [6.07, 6.45) is 0. The van der Waals surface area contributed by atoms with Crippen molar-refractivity contribution >= 4 is 22.4 Å². The molecule has 0 aromatic heterocycles. The van der Waals surface area contributed by atoms with Gasteiger partial charge in [0.05, 0.1) is 11.1 Å². The summed E-state index contributed by atoms with van der Waals surface area (Å²) in [6, 6.07) is 25.8. The number of carbonyl (C=O) groups is 1. The van der Waals surface area contributed by atoms with Crippen molar-refractivity contribution in [2.75, 3.05) is 11.9 Å². The van der Waals surface area contributed by atoms with E-state index in [0.29, 0.717) is 17.1 Å². The molecule has 0 fully saturated rings. The zero-order chi connectivity index (χ0) is 20.3. The Labute approximate surface area is 174 Å². The van der Waals surface area contributed by atoms with E-state index in [1.807, 2.05) is 66.7 Å². The highest BCUT2D eigenvalue weighted by Gasteiger charge is 2.54. The second-order valence-electron chi connectivity index (χ2n) is 7.62. The number of rotatable bonds is 2. The number of hydrogen-bond acceptors (Lipinski definition) is 4. The molecule has 146 valence electrons. The van der Waals surface area contributed by atoms with Crippen LogP contribution >= 0.6 is 0 Å². The summed E-state index contributed by atoms with van der Waals surface area (Å²) < 4.78 is 12.7. The van der Waals surface area contributed by atoms with E-state index in [0.717, 1.165) is 39.7 Å². The molecular formula is C26H19NO3. The number of esters is 1. The fraction of sp³-hybridized carbons (Fsp3) is 0.115. The molecule has 0 saturated carbocycles. The minimum absolute atomic E-state index is 0.312. The normalized spacial score (nSPS) is 18.4. The first-order chi connectivity index (χ1) is 14.7. The van der Waals surface area contributed by atoms with Gasteiger partial charge in [0.2, 0.25) is 0 Å². The number of ether oxygens (including phenoxy) is 2. The third-order valence-electron chi connectivity index (χ3n) is 5.98. The maximum Gasteiger partial charge on any atom is 0.340 e. The van der Waals surface area contributed by atoms with Crippen molar-refractivity contribution in [3.8, 4) is 11.5 Å². The van der Waals surface area contributed by atoms with E-state index in [1.165, 1.54) is 0 Å². The van der Waals surface area contributed by atoms with Gasteiger partial charge in [-0.2, -0.15) is 0 Å². The van der Waals surface area contributed by atoms with Crippen LogP contribution in [0.4, 0.5) is 5.69 Å². The van der Waals surface area contributed by atoms with Crippen LogP contribution in [0, 0.1) is 0 Å². The van der Waals surface area contributed by atoms with Crippen molar-refractivity contribution in [2.24, 2.45) is 0 Å². The minimum atomic E-state index is -1.04. The predicted octanol–water partition coefficient (Wildman–Crippen LogP) is 5.84. The van der Waals surface area contributed by atoms with Gasteiger partial charge in [-0.1, -0.05) is 48.5 Å². The lowest BCUT2D eigenvalue weighted by Crippen LogP contribution is -2.33. The van der Waals surface area contributed by atoms with Crippen LogP contribution in [0.5, 0.6) is 11.5 Å². The summed E-state index contributed by atoms with van der Waals surface area (Å²) in [5.41, 5.74) is 3.10. The van der Waals surface area contributed by atoms with Gasteiger partial charge < -0.3 is 14.8 Å². The van der Waals surface area contributed by atoms with Gasteiger partial charge in [0, 0.05) is 29.4 Å². The lowest BCUT2D eigenvalue weighted by Gasteiger charge is -2.37. The molecule has 2 heterocycles. The summed E-state index contributed by atoms with van der Waals surface area (Å²) >= 11 is 0. The topological polar surface area (TPSA) is 47.6 Å². The largest absolute Gasteiger partial charge is 0.456 e. The Balaban J connectivity index is 1.74. The first-order valence-electron chi connectivity index (χ1n) is 10.1. The van der Waals surface area contributed by atoms with E-state index in [4.69, 9.17) is 9.47 Å². The molecular weight excluding hydrogens is 374 g/mol. The highest BCUT2D eigenvalue weighted by molar-refractivity contribution is 6.00. The second kappa shape index (κ2) is 6.10. The molecule has 0 saturated heterocycles. The standard InChI is InChI=1S/C26H19NO3/c1-2-27-17-12-13-21-23(15-17)29-22-14-11-16-7-3-4-8-18(16)24(22)26(21)20-10-6-5-9-19(20)25(28)30-26/h3-15,27H,2H2,1H3. The number of nitrogens with one attached hydrogen (secondary N) is 1. The van der Waals surface area contributed by atoms with Gasteiger partial charge in [0.1, 0.15) is 11.5 Å². The van der Waals surface area contributed by atoms with Gasteiger partial charge in [0.25, 0.3) is 0 Å². The van der Waals surface area contributed by atoms with Crippen LogP contribution in [0.3, 0.4) is 0 Å². The van der Waals surface area contributed by atoms with Crippen molar-refractivity contribution in [2.45, 2.75) is 12.5 Å². The quantitative estimate of drug-likeness (QED) is 0.435. The molecule has 0 amide bonds. The monoisotopic (exact) mass is 393 g/mol. The van der Waals surface area contributed by atoms with E-state index < -0.39 is 5.60 Å². The van der Waals surface area contributed by atoms with Gasteiger partial charge in [0.15, 0.2) is 5.60 Å². The number of fused-ring (bicyclic) bond motifs is 8. The van der Waals surface area contributed by atoms with Crippen LogP contribution in [-0.2, 0) is 10.3 Å². The molecule has 1 N–H and O–H groups in total. The molecule has 4 heteroatoms. The number of anilines is 1. The van der Waals surface area contributed by atoms with E-state index in [-0.39, 0.29) is 5.97 Å². The number of benzene rings is 4. The predicted molar refractivity (Wildman–Crippen MR) is 116 cm³/mol. The molecule has 4 aromatic carbocycles. The molecule has 2 aliphatic rings. The maximum atomic E-state index is 13.0. The molecule has 30 heavy (non-hydrogen) atoms.